The molecule has 1 aromatic rings. The van der Waals surface area contributed by atoms with Crippen LogP contribution in [0.4, 0.5) is 0 Å². The van der Waals surface area contributed by atoms with Crippen LogP contribution in [-0.4, -0.2) is 100 Å². The molecule has 14 heteroatoms. The van der Waals surface area contributed by atoms with E-state index >= 15 is 0 Å². The summed E-state index contributed by atoms with van der Waals surface area (Å²) in [5, 5.41) is 24.9. The Morgan fingerprint density at radius 3 is 2.24 bits per heavy atom. The van der Waals surface area contributed by atoms with Crippen molar-refractivity contribution in [1.82, 2.24) is 25.8 Å². The van der Waals surface area contributed by atoms with Crippen LogP contribution in [-0.2, 0) is 30.4 Å². The van der Waals surface area contributed by atoms with Gasteiger partial charge in [0.25, 0.3) is 0 Å². The Hall–Kier alpha value is -4.20. The Morgan fingerprint density at radius 2 is 1.62 bits per heavy atom. The van der Waals surface area contributed by atoms with E-state index in [0.717, 1.165) is 5.56 Å². The molecule has 3 rings (SSSR count). The third kappa shape index (κ3) is 10.2. The summed E-state index contributed by atoms with van der Waals surface area (Å²) in [4.78, 5) is 69.0. The largest absolute Gasteiger partial charge is 0.480 e. The predicted molar refractivity (Wildman–Crippen MR) is 168 cm³/mol. The number of carboxylic acids is 1. The molecule has 0 aliphatic carbocycles. The summed E-state index contributed by atoms with van der Waals surface area (Å²) in [7, 11) is 0. The molecule has 45 heavy (non-hydrogen) atoms. The van der Waals surface area contributed by atoms with Crippen LogP contribution >= 0.6 is 0 Å². The van der Waals surface area contributed by atoms with Crippen LogP contribution in [0.15, 0.2) is 30.3 Å². The fraction of sp³-hybridized carbons (Fsp3) is 0.613. The minimum atomic E-state index is -1.23. The first kappa shape index (κ1) is 35.3. The quantitative estimate of drug-likeness (QED) is 0.0781. The van der Waals surface area contributed by atoms with Gasteiger partial charge in [-0.05, 0) is 56.4 Å². The minimum absolute atomic E-state index is 0.0791. The van der Waals surface area contributed by atoms with Crippen molar-refractivity contribution in [1.29, 1.82) is 5.41 Å². The summed E-state index contributed by atoms with van der Waals surface area (Å²) in [6.45, 7) is 5.00. The normalized spacial score (nSPS) is 19.9. The maximum atomic E-state index is 13.8. The molecule has 2 heterocycles. The fourth-order valence-electron chi connectivity index (χ4n) is 5.99. The van der Waals surface area contributed by atoms with E-state index in [2.05, 4.69) is 16.0 Å². The third-order valence-corrected chi connectivity index (χ3v) is 8.22. The van der Waals surface area contributed by atoms with Gasteiger partial charge in [0.1, 0.15) is 24.2 Å². The standard InChI is InChI=1S/C31H48N8O6/c1-19(2)17-21(32)28(42)39-16-8-13-25(39)29(43)38-15-7-12-24(38)27(41)37-23(18-20-9-4-3-5-10-20)26(40)36-22(30(44)45)11-6-14-35-31(33)34/h3-5,9-10,19,21-25H,6-8,11-18,32H2,1-2H3,(H,36,40)(H,37,41)(H,44,45)(H4,33,34,35)/t21-,22-,23-,24-,25-/m0/s1. The van der Waals surface area contributed by atoms with Gasteiger partial charge in [-0.3, -0.25) is 24.6 Å². The van der Waals surface area contributed by atoms with Gasteiger partial charge in [0.15, 0.2) is 5.96 Å². The number of carbonyl (C=O) groups excluding carboxylic acids is 4. The van der Waals surface area contributed by atoms with Crippen LogP contribution < -0.4 is 27.4 Å². The van der Waals surface area contributed by atoms with E-state index in [1.165, 1.54) is 4.90 Å². The molecule has 0 spiro atoms. The molecule has 248 valence electrons. The number of amides is 4. The van der Waals surface area contributed by atoms with Crippen LogP contribution in [0.5, 0.6) is 0 Å². The molecule has 0 aromatic heterocycles. The smallest absolute Gasteiger partial charge is 0.326 e. The first-order valence-electron chi connectivity index (χ1n) is 15.7. The number of nitrogens with zero attached hydrogens (tertiary/aromatic N) is 2. The van der Waals surface area contributed by atoms with Crippen molar-refractivity contribution in [2.24, 2.45) is 17.4 Å². The fourth-order valence-corrected chi connectivity index (χ4v) is 5.99. The Morgan fingerprint density at radius 1 is 0.978 bits per heavy atom. The van der Waals surface area contributed by atoms with E-state index in [-0.39, 0.29) is 43.1 Å². The average Bonchev–Trinajstić information content (AvgIpc) is 3.68. The number of hydrogen-bond acceptors (Lipinski definition) is 7. The Labute approximate surface area is 264 Å². The number of rotatable bonds is 15. The zero-order valence-corrected chi connectivity index (χ0v) is 26.2. The number of benzene rings is 1. The number of carboxylic acid groups (broad SMARTS) is 1. The zero-order chi connectivity index (χ0) is 33.1. The first-order chi connectivity index (χ1) is 21.4. The summed E-state index contributed by atoms with van der Waals surface area (Å²) < 4.78 is 0. The second-order valence-corrected chi connectivity index (χ2v) is 12.2. The number of guanidine groups is 1. The lowest BCUT2D eigenvalue weighted by molar-refractivity contribution is -0.147. The molecule has 2 fully saturated rings. The highest BCUT2D eigenvalue weighted by Gasteiger charge is 2.43. The Balaban J connectivity index is 1.72. The summed E-state index contributed by atoms with van der Waals surface area (Å²) in [6.07, 6.45) is 3.15. The monoisotopic (exact) mass is 628 g/mol. The van der Waals surface area contributed by atoms with Crippen molar-refractivity contribution in [2.45, 2.75) is 95.4 Å². The minimum Gasteiger partial charge on any atom is -0.480 e. The van der Waals surface area contributed by atoms with Crippen LogP contribution in [0.3, 0.4) is 0 Å². The Bertz CT molecular complexity index is 1210. The molecule has 0 unspecified atom stereocenters. The molecule has 1 aromatic carbocycles. The SMILES string of the molecule is CC(C)C[C@H](N)C(=O)N1CCC[C@H]1C(=O)N1CCC[C@H]1C(=O)N[C@@H](Cc1ccccc1)C(=O)N[C@@H](CCCNC(=N)N)C(=O)O. The van der Waals surface area contributed by atoms with Gasteiger partial charge < -0.3 is 42.3 Å². The van der Waals surface area contributed by atoms with Crippen molar-refractivity contribution in [3.63, 3.8) is 0 Å². The zero-order valence-electron chi connectivity index (χ0n) is 26.2. The van der Waals surface area contributed by atoms with E-state index in [1.54, 1.807) is 29.2 Å². The van der Waals surface area contributed by atoms with Crippen LogP contribution in [0.1, 0.15) is 64.4 Å². The molecule has 9 N–H and O–H groups in total. The van der Waals surface area contributed by atoms with Crippen molar-refractivity contribution in [3.8, 4) is 0 Å². The highest BCUT2D eigenvalue weighted by atomic mass is 16.4. The second-order valence-electron chi connectivity index (χ2n) is 12.2. The van der Waals surface area contributed by atoms with Crippen molar-refractivity contribution >= 4 is 35.6 Å². The topological polar surface area (TPSA) is 224 Å². The number of nitrogens with two attached hydrogens (primary N) is 2. The third-order valence-electron chi connectivity index (χ3n) is 8.22. The number of hydrogen-bond donors (Lipinski definition) is 7. The van der Waals surface area contributed by atoms with Gasteiger partial charge in [-0.1, -0.05) is 44.2 Å². The molecular formula is C31H48N8O6. The molecule has 0 saturated carbocycles. The molecule has 5 atom stereocenters. The summed E-state index contributed by atoms with van der Waals surface area (Å²) in [5.74, 6) is -2.98. The highest BCUT2D eigenvalue weighted by molar-refractivity contribution is 5.96. The van der Waals surface area contributed by atoms with E-state index < -0.39 is 48.0 Å². The molecule has 2 aliphatic rings. The maximum Gasteiger partial charge on any atom is 0.326 e. The summed E-state index contributed by atoms with van der Waals surface area (Å²) >= 11 is 0. The molecule has 2 aliphatic heterocycles. The van der Waals surface area contributed by atoms with Gasteiger partial charge in [0.05, 0.1) is 6.04 Å². The van der Waals surface area contributed by atoms with E-state index in [0.29, 0.717) is 51.6 Å². The lowest BCUT2D eigenvalue weighted by Crippen LogP contribution is -2.58. The molecule has 4 amide bonds. The summed E-state index contributed by atoms with van der Waals surface area (Å²) in [6, 6.07) is 4.47. The molecule has 14 nitrogen and oxygen atoms in total. The molecule has 0 radical (unpaired) electrons. The number of carbonyl (C=O) groups is 5. The van der Waals surface area contributed by atoms with Crippen LogP contribution in [0, 0.1) is 11.3 Å². The van der Waals surface area contributed by atoms with Gasteiger partial charge in [-0.2, -0.15) is 0 Å². The molecule has 0 bridgehead atoms. The lowest BCUT2D eigenvalue weighted by atomic mass is 10.0. The van der Waals surface area contributed by atoms with Gasteiger partial charge in [-0.15, -0.1) is 0 Å². The average molecular weight is 629 g/mol. The van der Waals surface area contributed by atoms with E-state index in [4.69, 9.17) is 16.9 Å². The van der Waals surface area contributed by atoms with Crippen molar-refractivity contribution < 1.29 is 29.1 Å². The summed E-state index contributed by atoms with van der Waals surface area (Å²) in [5.41, 5.74) is 12.2. The van der Waals surface area contributed by atoms with Gasteiger partial charge in [0.2, 0.25) is 23.6 Å². The second kappa shape index (κ2) is 16.8. The first-order valence-corrected chi connectivity index (χ1v) is 15.7. The van der Waals surface area contributed by atoms with E-state index in [9.17, 15) is 29.1 Å². The Kier molecular flexibility index (Phi) is 13.1. The lowest BCUT2D eigenvalue weighted by Gasteiger charge is -2.33. The number of nitrogens with one attached hydrogen (secondary N) is 4. The predicted octanol–water partition coefficient (Wildman–Crippen LogP) is -0.0980. The van der Waals surface area contributed by atoms with Crippen LogP contribution in [0.2, 0.25) is 0 Å². The molecular weight excluding hydrogens is 580 g/mol. The van der Waals surface area contributed by atoms with Gasteiger partial charge in [-0.25, -0.2) is 4.79 Å². The van der Waals surface area contributed by atoms with Gasteiger partial charge >= 0.3 is 5.97 Å². The number of aliphatic carboxylic acids is 1. The van der Waals surface area contributed by atoms with Crippen LogP contribution in [0.25, 0.3) is 0 Å². The van der Waals surface area contributed by atoms with E-state index in [1.807, 2.05) is 19.9 Å². The highest BCUT2D eigenvalue weighted by Crippen LogP contribution is 2.26. The number of likely N-dealkylation sites (tertiary alicyclic amines) is 2. The van der Waals surface area contributed by atoms with Crippen molar-refractivity contribution in [3.05, 3.63) is 35.9 Å². The molecule has 2 saturated heterocycles. The van der Waals surface area contributed by atoms with Gasteiger partial charge in [0, 0.05) is 26.1 Å². The van der Waals surface area contributed by atoms with Crippen molar-refractivity contribution in [2.75, 3.05) is 19.6 Å². The maximum absolute atomic E-state index is 13.8.